The van der Waals surface area contributed by atoms with E-state index in [1.54, 1.807) is 4.90 Å². The summed E-state index contributed by atoms with van der Waals surface area (Å²) in [4.78, 5) is 26.5. The average molecular weight is 321 g/mol. The van der Waals surface area contributed by atoms with E-state index in [1.165, 1.54) is 12.8 Å². The molecular formula is C18H27NO4. The molecule has 1 aliphatic heterocycles. The van der Waals surface area contributed by atoms with E-state index in [4.69, 9.17) is 4.74 Å². The van der Waals surface area contributed by atoms with Crippen LogP contribution in [0.15, 0.2) is 0 Å². The lowest BCUT2D eigenvalue weighted by Crippen LogP contribution is -2.49. The third-order valence-corrected chi connectivity index (χ3v) is 6.90. The van der Waals surface area contributed by atoms with Gasteiger partial charge in [0.15, 0.2) is 0 Å². The standard InChI is InChI=1S/C18H27NO4/c1-17(2,3)23-16(22)19-12-5-4-8-18(12)11-7-6-10(9-11)13(18)14(19)15(20)21/h10-14H,4-9H2,1-3H3,(H,20,21)/t10?,11?,12?,13?,14-,18?/m0/s1. The molecule has 0 radical (unpaired) electrons. The summed E-state index contributed by atoms with van der Waals surface area (Å²) in [7, 11) is 0. The summed E-state index contributed by atoms with van der Waals surface area (Å²) >= 11 is 0. The molecule has 3 saturated carbocycles. The topological polar surface area (TPSA) is 66.8 Å². The molecule has 0 aromatic carbocycles. The zero-order valence-electron chi connectivity index (χ0n) is 14.2. The van der Waals surface area contributed by atoms with Crippen molar-refractivity contribution in [1.82, 2.24) is 4.90 Å². The summed E-state index contributed by atoms with van der Waals surface area (Å²) in [6.45, 7) is 5.52. The number of aliphatic carboxylic acids is 1. The lowest BCUT2D eigenvalue weighted by Gasteiger charge is -2.39. The second-order valence-electron chi connectivity index (χ2n) is 8.99. The summed E-state index contributed by atoms with van der Waals surface area (Å²) in [5.41, 5.74) is -0.536. The van der Waals surface area contributed by atoms with Gasteiger partial charge in [-0.15, -0.1) is 0 Å². The van der Waals surface area contributed by atoms with Crippen LogP contribution in [0.4, 0.5) is 4.79 Å². The van der Waals surface area contributed by atoms with Crippen molar-refractivity contribution in [2.45, 2.75) is 77.0 Å². The fraction of sp³-hybridized carbons (Fsp3) is 0.889. The van der Waals surface area contributed by atoms with E-state index in [0.29, 0.717) is 11.8 Å². The highest BCUT2D eigenvalue weighted by Gasteiger charge is 2.73. The molecule has 2 bridgehead atoms. The Bertz CT molecular complexity index is 554. The number of carbonyl (C=O) groups excluding carboxylic acids is 1. The van der Waals surface area contributed by atoms with Gasteiger partial charge in [0.25, 0.3) is 0 Å². The third-order valence-electron chi connectivity index (χ3n) is 6.90. The Balaban J connectivity index is 1.74. The van der Waals surface area contributed by atoms with Crippen LogP contribution in [-0.2, 0) is 9.53 Å². The Hall–Kier alpha value is -1.26. The van der Waals surface area contributed by atoms with Crippen LogP contribution in [0, 0.1) is 23.2 Å². The maximum Gasteiger partial charge on any atom is 0.411 e. The van der Waals surface area contributed by atoms with Crippen LogP contribution in [0.25, 0.3) is 0 Å². The molecule has 1 N–H and O–H groups in total. The first-order valence-electron chi connectivity index (χ1n) is 9.00. The van der Waals surface area contributed by atoms with Crippen LogP contribution in [0.3, 0.4) is 0 Å². The van der Waals surface area contributed by atoms with Crippen molar-refractivity contribution in [2.75, 3.05) is 0 Å². The maximum atomic E-state index is 12.8. The first-order chi connectivity index (χ1) is 10.8. The van der Waals surface area contributed by atoms with Crippen molar-refractivity contribution in [1.29, 1.82) is 0 Å². The molecule has 1 spiro atoms. The first-order valence-corrected chi connectivity index (χ1v) is 9.00. The minimum atomic E-state index is -0.845. The summed E-state index contributed by atoms with van der Waals surface area (Å²) < 4.78 is 5.59. The normalized spacial score (nSPS) is 44.3. The molecular weight excluding hydrogens is 294 g/mol. The Morgan fingerprint density at radius 2 is 1.96 bits per heavy atom. The highest BCUT2D eigenvalue weighted by molar-refractivity contribution is 5.82. The van der Waals surface area contributed by atoms with Crippen LogP contribution >= 0.6 is 0 Å². The van der Waals surface area contributed by atoms with Crippen molar-refractivity contribution >= 4 is 12.1 Å². The molecule has 4 fully saturated rings. The zero-order valence-corrected chi connectivity index (χ0v) is 14.2. The van der Waals surface area contributed by atoms with Crippen LogP contribution in [0.1, 0.15) is 59.3 Å². The summed E-state index contributed by atoms with van der Waals surface area (Å²) in [6.07, 6.45) is 6.23. The van der Waals surface area contributed by atoms with E-state index in [0.717, 1.165) is 25.7 Å². The van der Waals surface area contributed by atoms with Crippen molar-refractivity contribution in [3.63, 3.8) is 0 Å². The SMILES string of the molecule is CC(C)(C)OC(=O)N1C2CCCC23C2CCC(C2)C3[C@H]1C(=O)O. The number of carbonyl (C=O) groups is 2. The van der Waals surface area contributed by atoms with Gasteiger partial charge in [-0.1, -0.05) is 6.42 Å². The van der Waals surface area contributed by atoms with Crippen molar-refractivity contribution in [3.8, 4) is 0 Å². The fourth-order valence-corrected chi connectivity index (χ4v) is 6.59. The molecule has 23 heavy (non-hydrogen) atoms. The van der Waals surface area contributed by atoms with Crippen molar-refractivity contribution in [3.05, 3.63) is 0 Å². The van der Waals surface area contributed by atoms with Gasteiger partial charge in [0, 0.05) is 12.0 Å². The van der Waals surface area contributed by atoms with Crippen molar-refractivity contribution < 1.29 is 19.4 Å². The lowest BCUT2D eigenvalue weighted by atomic mass is 9.64. The minimum Gasteiger partial charge on any atom is -0.480 e. The summed E-state index contributed by atoms with van der Waals surface area (Å²) in [5, 5.41) is 9.91. The smallest absolute Gasteiger partial charge is 0.411 e. The van der Waals surface area contributed by atoms with Crippen LogP contribution in [-0.4, -0.2) is 39.8 Å². The Kier molecular flexibility index (Phi) is 3.08. The average Bonchev–Trinajstić information content (AvgIpc) is 3.11. The van der Waals surface area contributed by atoms with Gasteiger partial charge < -0.3 is 9.84 Å². The zero-order chi connectivity index (χ0) is 16.6. The second kappa shape index (κ2) is 4.64. The maximum absolute atomic E-state index is 12.8. The van der Waals surface area contributed by atoms with Crippen LogP contribution in [0.2, 0.25) is 0 Å². The highest BCUT2D eigenvalue weighted by Crippen LogP contribution is 2.71. The van der Waals surface area contributed by atoms with E-state index in [-0.39, 0.29) is 17.4 Å². The molecule has 0 aromatic rings. The van der Waals surface area contributed by atoms with Gasteiger partial charge in [0.1, 0.15) is 11.6 Å². The molecule has 1 saturated heterocycles. The number of carboxylic acids is 1. The largest absolute Gasteiger partial charge is 0.480 e. The summed E-state index contributed by atoms with van der Waals surface area (Å²) in [5.74, 6) is 0.384. The quantitative estimate of drug-likeness (QED) is 0.805. The number of ether oxygens (including phenoxy) is 1. The molecule has 4 aliphatic rings. The number of likely N-dealkylation sites (tertiary alicyclic amines) is 1. The van der Waals surface area contributed by atoms with Gasteiger partial charge in [0.05, 0.1) is 0 Å². The van der Waals surface area contributed by atoms with E-state index in [2.05, 4.69) is 0 Å². The molecule has 6 atom stereocenters. The molecule has 5 unspecified atom stereocenters. The number of hydrogen-bond donors (Lipinski definition) is 1. The fourth-order valence-electron chi connectivity index (χ4n) is 6.59. The number of amides is 1. The van der Waals surface area contributed by atoms with E-state index in [1.807, 2.05) is 20.8 Å². The van der Waals surface area contributed by atoms with Gasteiger partial charge in [-0.2, -0.15) is 0 Å². The van der Waals surface area contributed by atoms with Gasteiger partial charge in [0.2, 0.25) is 0 Å². The lowest BCUT2D eigenvalue weighted by molar-refractivity contribution is -0.144. The van der Waals surface area contributed by atoms with Crippen LogP contribution in [0.5, 0.6) is 0 Å². The molecule has 1 heterocycles. The Morgan fingerprint density at radius 1 is 1.22 bits per heavy atom. The molecule has 4 rings (SSSR count). The molecule has 3 aliphatic carbocycles. The predicted octanol–water partition coefficient (Wildman–Crippen LogP) is 3.28. The van der Waals surface area contributed by atoms with E-state index in [9.17, 15) is 14.7 Å². The molecule has 128 valence electrons. The number of fused-ring (bicyclic) bond motifs is 3. The molecule has 5 nitrogen and oxygen atoms in total. The molecule has 1 amide bonds. The summed E-state index contributed by atoms with van der Waals surface area (Å²) in [6, 6.07) is -0.621. The highest BCUT2D eigenvalue weighted by atomic mass is 16.6. The molecule has 0 aromatic heterocycles. The number of rotatable bonds is 1. The Labute approximate surface area is 137 Å². The number of carboxylic acid groups (broad SMARTS) is 1. The second-order valence-corrected chi connectivity index (χ2v) is 8.99. The predicted molar refractivity (Wildman–Crippen MR) is 83.9 cm³/mol. The molecule has 5 heteroatoms. The first kappa shape index (κ1) is 15.3. The number of hydrogen-bond acceptors (Lipinski definition) is 3. The van der Waals surface area contributed by atoms with Gasteiger partial charge in [-0.05, 0) is 70.1 Å². The Morgan fingerprint density at radius 3 is 2.61 bits per heavy atom. The number of nitrogens with zero attached hydrogens (tertiary/aromatic N) is 1. The van der Waals surface area contributed by atoms with E-state index >= 15 is 0 Å². The monoisotopic (exact) mass is 321 g/mol. The van der Waals surface area contributed by atoms with Gasteiger partial charge >= 0.3 is 12.1 Å². The van der Waals surface area contributed by atoms with Gasteiger partial charge in [-0.25, -0.2) is 9.59 Å². The van der Waals surface area contributed by atoms with Gasteiger partial charge in [-0.3, -0.25) is 4.90 Å². The van der Waals surface area contributed by atoms with Crippen LogP contribution < -0.4 is 0 Å². The third kappa shape index (κ3) is 1.91. The van der Waals surface area contributed by atoms with E-state index < -0.39 is 23.7 Å². The minimum absolute atomic E-state index is 0.0584. The van der Waals surface area contributed by atoms with Crippen molar-refractivity contribution in [2.24, 2.45) is 23.2 Å².